The summed E-state index contributed by atoms with van der Waals surface area (Å²) in [4.78, 5) is 0. The number of fused-ring (bicyclic) bond motifs is 1. The third-order valence-corrected chi connectivity index (χ3v) is 2.06. The number of rotatable bonds is 0. The molecule has 2 aliphatic rings. The molecule has 0 saturated carbocycles. The number of ether oxygens (including phenoxy) is 1. The lowest BCUT2D eigenvalue weighted by molar-refractivity contribution is 0.376. The van der Waals surface area contributed by atoms with Crippen molar-refractivity contribution in [2.75, 3.05) is 0 Å². The summed E-state index contributed by atoms with van der Waals surface area (Å²) in [6.07, 6.45) is 10.8. The molecule has 50 valence electrons. The van der Waals surface area contributed by atoms with Gasteiger partial charge in [0.25, 0.3) is 0 Å². The van der Waals surface area contributed by atoms with Crippen molar-refractivity contribution >= 4 is 0 Å². The lowest BCUT2D eigenvalue weighted by atomic mass is 10.1. The number of hydrogen-bond donors (Lipinski definition) is 0. The van der Waals surface area contributed by atoms with Crippen LogP contribution in [0.5, 0.6) is 0 Å². The van der Waals surface area contributed by atoms with Crippen LogP contribution in [0.25, 0.3) is 0 Å². The maximum Gasteiger partial charge on any atom is 0.102 e. The van der Waals surface area contributed by atoms with Crippen molar-refractivity contribution in [2.24, 2.45) is 0 Å². The van der Waals surface area contributed by atoms with Gasteiger partial charge in [-0.25, -0.2) is 0 Å². The highest BCUT2D eigenvalue weighted by atomic mass is 16.6. The summed E-state index contributed by atoms with van der Waals surface area (Å²) in [7, 11) is 0. The minimum absolute atomic E-state index is 0.505. The molecule has 1 heteroatoms. The standard InChI is InChI=1S/C8H12O/c1-2-4-6-8-7(9-8)5-3-1/h3,5,7-8H,1-2,4,6H2/b5-3-/t7-,8+/m0/s1. The molecular formula is C8H12O. The third-order valence-electron chi connectivity index (χ3n) is 2.06. The molecule has 0 N–H and O–H groups in total. The van der Waals surface area contributed by atoms with Crippen LogP contribution in [0.4, 0.5) is 0 Å². The van der Waals surface area contributed by atoms with E-state index in [1.165, 1.54) is 25.7 Å². The van der Waals surface area contributed by atoms with Gasteiger partial charge in [-0.05, 0) is 19.3 Å². The Bertz CT molecular complexity index is 129. The van der Waals surface area contributed by atoms with E-state index in [4.69, 9.17) is 4.74 Å². The smallest absolute Gasteiger partial charge is 0.102 e. The van der Waals surface area contributed by atoms with Gasteiger partial charge in [0.05, 0.1) is 6.10 Å². The van der Waals surface area contributed by atoms with Crippen LogP contribution in [0.2, 0.25) is 0 Å². The van der Waals surface area contributed by atoms with Crippen LogP contribution in [0.15, 0.2) is 12.2 Å². The molecule has 1 saturated heterocycles. The van der Waals surface area contributed by atoms with E-state index >= 15 is 0 Å². The van der Waals surface area contributed by atoms with Gasteiger partial charge in [-0.15, -0.1) is 0 Å². The molecule has 1 fully saturated rings. The van der Waals surface area contributed by atoms with Crippen LogP contribution < -0.4 is 0 Å². The predicted octanol–water partition coefficient (Wildman–Crippen LogP) is 1.88. The Morgan fingerprint density at radius 1 is 1.33 bits per heavy atom. The van der Waals surface area contributed by atoms with Crippen LogP contribution in [0.3, 0.4) is 0 Å². The van der Waals surface area contributed by atoms with Gasteiger partial charge in [0.1, 0.15) is 6.10 Å². The maximum atomic E-state index is 5.35. The van der Waals surface area contributed by atoms with Gasteiger partial charge in [0, 0.05) is 0 Å². The highest BCUT2D eigenvalue weighted by Crippen LogP contribution is 2.30. The lowest BCUT2D eigenvalue weighted by Gasteiger charge is -1.96. The molecule has 1 heterocycles. The fourth-order valence-corrected chi connectivity index (χ4v) is 1.40. The van der Waals surface area contributed by atoms with E-state index < -0.39 is 0 Å². The molecule has 0 amide bonds. The second kappa shape index (κ2) is 2.14. The topological polar surface area (TPSA) is 12.5 Å². The Balaban J connectivity index is 1.95. The summed E-state index contributed by atoms with van der Waals surface area (Å²) in [6.45, 7) is 0. The van der Waals surface area contributed by atoms with Gasteiger partial charge in [0.15, 0.2) is 0 Å². The Kier molecular flexibility index (Phi) is 1.31. The highest BCUT2D eigenvalue weighted by molar-refractivity contribution is 5.03. The predicted molar refractivity (Wildman–Crippen MR) is 36.3 cm³/mol. The molecule has 9 heavy (non-hydrogen) atoms. The molecule has 0 aromatic heterocycles. The first-order chi connectivity index (χ1) is 4.47. The molecule has 2 atom stereocenters. The van der Waals surface area contributed by atoms with E-state index in [1.807, 2.05) is 0 Å². The molecule has 1 aliphatic carbocycles. The quantitative estimate of drug-likeness (QED) is 0.355. The Labute approximate surface area is 55.7 Å². The molecule has 0 aromatic rings. The largest absolute Gasteiger partial charge is 0.365 e. The fourth-order valence-electron chi connectivity index (χ4n) is 1.40. The van der Waals surface area contributed by atoms with E-state index in [0.29, 0.717) is 12.2 Å². The first-order valence-electron chi connectivity index (χ1n) is 3.79. The van der Waals surface area contributed by atoms with Crippen molar-refractivity contribution < 1.29 is 4.74 Å². The van der Waals surface area contributed by atoms with Gasteiger partial charge >= 0.3 is 0 Å². The molecular weight excluding hydrogens is 112 g/mol. The summed E-state index contributed by atoms with van der Waals surface area (Å²) in [5.41, 5.74) is 0. The summed E-state index contributed by atoms with van der Waals surface area (Å²) in [6, 6.07) is 0. The van der Waals surface area contributed by atoms with Crippen LogP contribution in [-0.2, 0) is 4.74 Å². The molecule has 0 aromatic carbocycles. The second-order valence-electron chi connectivity index (χ2n) is 2.85. The second-order valence-corrected chi connectivity index (χ2v) is 2.85. The zero-order chi connectivity index (χ0) is 6.10. The van der Waals surface area contributed by atoms with E-state index in [0.717, 1.165) is 0 Å². The van der Waals surface area contributed by atoms with E-state index in [1.54, 1.807) is 0 Å². The monoisotopic (exact) mass is 124 g/mol. The zero-order valence-electron chi connectivity index (χ0n) is 5.55. The third kappa shape index (κ3) is 1.16. The summed E-state index contributed by atoms with van der Waals surface area (Å²) < 4.78 is 5.35. The molecule has 2 rings (SSSR count). The summed E-state index contributed by atoms with van der Waals surface area (Å²) in [5, 5.41) is 0. The SMILES string of the molecule is C1=C\[C@@H]2O[C@@H]2CCCC/1. The van der Waals surface area contributed by atoms with Crippen LogP contribution in [0, 0.1) is 0 Å². The molecule has 1 nitrogen and oxygen atoms in total. The lowest BCUT2D eigenvalue weighted by Crippen LogP contribution is -1.92. The van der Waals surface area contributed by atoms with E-state index in [9.17, 15) is 0 Å². The van der Waals surface area contributed by atoms with E-state index in [-0.39, 0.29) is 0 Å². The summed E-state index contributed by atoms with van der Waals surface area (Å²) in [5.74, 6) is 0. The molecule has 1 aliphatic heterocycles. The Hall–Kier alpha value is -0.300. The van der Waals surface area contributed by atoms with Gasteiger partial charge in [-0.2, -0.15) is 0 Å². The van der Waals surface area contributed by atoms with Crippen molar-refractivity contribution in [3.63, 3.8) is 0 Å². The van der Waals surface area contributed by atoms with Gasteiger partial charge in [0.2, 0.25) is 0 Å². The van der Waals surface area contributed by atoms with Crippen LogP contribution in [0.1, 0.15) is 25.7 Å². The van der Waals surface area contributed by atoms with Crippen molar-refractivity contribution in [3.8, 4) is 0 Å². The molecule has 0 unspecified atom stereocenters. The van der Waals surface area contributed by atoms with Gasteiger partial charge in [-0.3, -0.25) is 0 Å². The Morgan fingerprint density at radius 2 is 2.33 bits per heavy atom. The molecule has 0 radical (unpaired) electrons. The average Bonchev–Trinajstić information content (AvgIpc) is 2.46. The summed E-state index contributed by atoms with van der Waals surface area (Å²) >= 11 is 0. The first kappa shape index (κ1) is 5.48. The van der Waals surface area contributed by atoms with Gasteiger partial charge < -0.3 is 4.74 Å². The molecule has 0 bridgehead atoms. The average molecular weight is 124 g/mol. The minimum Gasteiger partial charge on any atom is -0.365 e. The van der Waals surface area contributed by atoms with Gasteiger partial charge in [-0.1, -0.05) is 18.6 Å². The number of epoxide rings is 1. The van der Waals surface area contributed by atoms with Crippen molar-refractivity contribution in [1.29, 1.82) is 0 Å². The minimum atomic E-state index is 0.505. The normalized spacial score (nSPS) is 44.4. The maximum absolute atomic E-state index is 5.35. The van der Waals surface area contributed by atoms with Crippen molar-refractivity contribution in [1.82, 2.24) is 0 Å². The van der Waals surface area contributed by atoms with Crippen molar-refractivity contribution in [3.05, 3.63) is 12.2 Å². The number of hydrogen-bond acceptors (Lipinski definition) is 1. The van der Waals surface area contributed by atoms with Crippen molar-refractivity contribution in [2.45, 2.75) is 37.9 Å². The highest BCUT2D eigenvalue weighted by Gasteiger charge is 2.35. The first-order valence-corrected chi connectivity index (χ1v) is 3.79. The Morgan fingerprint density at radius 3 is 3.33 bits per heavy atom. The fraction of sp³-hybridized carbons (Fsp3) is 0.750. The van der Waals surface area contributed by atoms with E-state index in [2.05, 4.69) is 12.2 Å². The van der Waals surface area contributed by atoms with Crippen LogP contribution >= 0.6 is 0 Å². The molecule has 0 spiro atoms. The number of allylic oxidation sites excluding steroid dienone is 1. The van der Waals surface area contributed by atoms with Crippen LogP contribution in [-0.4, -0.2) is 12.2 Å². The zero-order valence-corrected chi connectivity index (χ0v) is 5.55.